The Balaban J connectivity index is 1.24. The zero-order valence-corrected chi connectivity index (χ0v) is 18.5. The molecule has 4 rings (SSSR count). The van der Waals surface area contributed by atoms with Gasteiger partial charge in [-0.05, 0) is 77.7 Å². The number of benzene rings is 2. The van der Waals surface area contributed by atoms with E-state index >= 15 is 0 Å². The lowest BCUT2D eigenvalue weighted by molar-refractivity contribution is 0.143. The smallest absolute Gasteiger partial charge is 0.130 e. The molecule has 0 bridgehead atoms. The lowest BCUT2D eigenvalue weighted by Gasteiger charge is -2.16. The van der Waals surface area contributed by atoms with E-state index in [0.29, 0.717) is 6.61 Å². The van der Waals surface area contributed by atoms with Gasteiger partial charge in [-0.3, -0.25) is 9.97 Å². The summed E-state index contributed by atoms with van der Waals surface area (Å²) in [6.07, 6.45) is 15.3. The summed E-state index contributed by atoms with van der Waals surface area (Å²) >= 11 is 0. The molecule has 2 aromatic carbocycles. The molecule has 4 nitrogen and oxygen atoms in total. The van der Waals surface area contributed by atoms with Gasteiger partial charge in [-0.1, -0.05) is 48.6 Å². The molecule has 33 heavy (non-hydrogen) atoms. The topological polar surface area (TPSA) is 44.2 Å². The van der Waals surface area contributed by atoms with Gasteiger partial charge >= 0.3 is 0 Å². The van der Waals surface area contributed by atoms with Crippen molar-refractivity contribution in [3.63, 3.8) is 0 Å². The molecule has 0 amide bonds. The molecule has 4 heteroatoms. The predicted octanol–water partition coefficient (Wildman–Crippen LogP) is 6.66. The van der Waals surface area contributed by atoms with Gasteiger partial charge in [0.25, 0.3) is 0 Å². The normalized spacial score (nSPS) is 12.2. The lowest BCUT2D eigenvalue weighted by atomic mass is 10.1. The number of aromatic nitrogens is 2. The monoisotopic (exact) mass is 434 g/mol. The Hall–Kier alpha value is -4.18. The van der Waals surface area contributed by atoms with Crippen LogP contribution in [0.15, 0.2) is 97.6 Å². The fourth-order valence-corrected chi connectivity index (χ4v) is 3.15. The molecule has 2 aromatic heterocycles. The van der Waals surface area contributed by atoms with E-state index in [0.717, 1.165) is 33.8 Å². The zero-order valence-electron chi connectivity index (χ0n) is 18.5. The molecule has 0 aliphatic carbocycles. The minimum Gasteiger partial charge on any atom is -0.490 e. The maximum absolute atomic E-state index is 5.99. The van der Waals surface area contributed by atoms with Gasteiger partial charge in [-0.2, -0.15) is 0 Å². The van der Waals surface area contributed by atoms with Gasteiger partial charge in [0, 0.05) is 24.8 Å². The minimum absolute atomic E-state index is 0.0746. The van der Waals surface area contributed by atoms with Gasteiger partial charge < -0.3 is 9.47 Å². The summed E-state index contributed by atoms with van der Waals surface area (Å²) in [5.41, 5.74) is 4.46. The second-order valence-electron chi connectivity index (χ2n) is 7.61. The van der Waals surface area contributed by atoms with E-state index in [4.69, 9.17) is 9.47 Å². The quantitative estimate of drug-likeness (QED) is 0.295. The molecule has 164 valence electrons. The van der Waals surface area contributed by atoms with Crippen LogP contribution < -0.4 is 9.47 Å². The van der Waals surface area contributed by atoms with Gasteiger partial charge in [-0.15, -0.1) is 0 Å². The maximum atomic E-state index is 5.99. The Morgan fingerprint density at radius 3 is 1.42 bits per heavy atom. The molecular formula is C29H26N2O2. The standard InChI is InChI=1S/C29H26N2O2/c1-23(33-29-12-8-25(9-13-29)3-5-27-16-20-31-21-17-27)22-32-28-10-6-24(7-11-28)2-4-26-14-18-30-19-15-26/h2-21,23H,22H2,1H3/b4-2+,5-3+/t23-/m1/s1. The maximum Gasteiger partial charge on any atom is 0.130 e. The predicted molar refractivity (Wildman–Crippen MR) is 135 cm³/mol. The third-order valence-electron chi connectivity index (χ3n) is 4.93. The molecule has 0 saturated heterocycles. The summed E-state index contributed by atoms with van der Waals surface area (Å²) < 4.78 is 11.9. The summed E-state index contributed by atoms with van der Waals surface area (Å²) in [7, 11) is 0. The highest BCUT2D eigenvalue weighted by atomic mass is 16.5. The van der Waals surface area contributed by atoms with Crippen LogP contribution in [0.5, 0.6) is 11.5 Å². The first kappa shape index (κ1) is 22.0. The van der Waals surface area contributed by atoms with Crippen molar-refractivity contribution in [3.8, 4) is 11.5 Å². The highest BCUT2D eigenvalue weighted by molar-refractivity contribution is 5.70. The first-order valence-electron chi connectivity index (χ1n) is 10.9. The molecule has 0 aliphatic heterocycles. The molecule has 2 heterocycles. The van der Waals surface area contributed by atoms with Gasteiger partial charge in [0.2, 0.25) is 0 Å². The molecule has 0 unspecified atom stereocenters. The molecule has 4 aromatic rings. The van der Waals surface area contributed by atoms with Crippen LogP contribution >= 0.6 is 0 Å². The highest BCUT2D eigenvalue weighted by Gasteiger charge is 2.05. The van der Waals surface area contributed by atoms with Crippen molar-refractivity contribution in [1.82, 2.24) is 9.97 Å². The van der Waals surface area contributed by atoms with E-state index in [1.54, 1.807) is 24.8 Å². The fraction of sp³-hybridized carbons (Fsp3) is 0.103. The molecule has 0 spiro atoms. The summed E-state index contributed by atoms with van der Waals surface area (Å²) in [4.78, 5) is 8.06. The Morgan fingerprint density at radius 2 is 0.970 bits per heavy atom. The Kier molecular flexibility index (Phi) is 7.64. The molecule has 0 saturated carbocycles. The van der Waals surface area contributed by atoms with Crippen LogP contribution in [0.4, 0.5) is 0 Å². The number of rotatable bonds is 9. The van der Waals surface area contributed by atoms with Crippen LogP contribution in [-0.4, -0.2) is 22.7 Å². The van der Waals surface area contributed by atoms with Crippen molar-refractivity contribution >= 4 is 24.3 Å². The van der Waals surface area contributed by atoms with Gasteiger partial charge in [0.15, 0.2) is 0 Å². The molecule has 0 aliphatic rings. The van der Waals surface area contributed by atoms with Crippen LogP contribution in [0.3, 0.4) is 0 Å². The van der Waals surface area contributed by atoms with Crippen molar-refractivity contribution in [2.45, 2.75) is 13.0 Å². The molecule has 0 radical (unpaired) electrons. The SMILES string of the molecule is C[C@H](COc1ccc(/C=C/c2ccncc2)cc1)Oc1ccc(/C=C/c2ccncc2)cc1. The number of ether oxygens (including phenoxy) is 2. The van der Waals surface area contributed by atoms with E-state index in [-0.39, 0.29) is 6.10 Å². The van der Waals surface area contributed by atoms with Gasteiger partial charge in [0.05, 0.1) is 0 Å². The van der Waals surface area contributed by atoms with Crippen molar-refractivity contribution in [1.29, 1.82) is 0 Å². The molecular weight excluding hydrogens is 408 g/mol. The summed E-state index contributed by atoms with van der Waals surface area (Å²) in [6.45, 7) is 2.47. The molecule has 0 fully saturated rings. The second-order valence-corrected chi connectivity index (χ2v) is 7.61. The largest absolute Gasteiger partial charge is 0.490 e. The van der Waals surface area contributed by atoms with Crippen LogP contribution in [0.25, 0.3) is 24.3 Å². The molecule has 0 N–H and O–H groups in total. The average Bonchev–Trinajstić information content (AvgIpc) is 2.88. The number of pyridine rings is 2. The second kappa shape index (κ2) is 11.4. The molecule has 1 atom stereocenters. The van der Waals surface area contributed by atoms with Crippen molar-refractivity contribution in [3.05, 3.63) is 120 Å². The lowest BCUT2D eigenvalue weighted by Crippen LogP contribution is -2.21. The van der Waals surface area contributed by atoms with E-state index in [9.17, 15) is 0 Å². The highest BCUT2D eigenvalue weighted by Crippen LogP contribution is 2.18. The van der Waals surface area contributed by atoms with Crippen LogP contribution in [0.2, 0.25) is 0 Å². The van der Waals surface area contributed by atoms with Crippen molar-refractivity contribution in [2.24, 2.45) is 0 Å². The third kappa shape index (κ3) is 7.18. The average molecular weight is 435 g/mol. The van der Waals surface area contributed by atoms with Gasteiger partial charge in [0.1, 0.15) is 24.2 Å². The van der Waals surface area contributed by atoms with E-state index in [1.807, 2.05) is 79.7 Å². The minimum atomic E-state index is -0.0746. The van der Waals surface area contributed by atoms with Crippen LogP contribution in [-0.2, 0) is 0 Å². The van der Waals surface area contributed by atoms with E-state index in [1.165, 1.54) is 0 Å². The number of nitrogens with zero attached hydrogens (tertiary/aromatic N) is 2. The summed E-state index contributed by atoms with van der Waals surface area (Å²) in [5.74, 6) is 1.65. The van der Waals surface area contributed by atoms with Crippen molar-refractivity contribution in [2.75, 3.05) is 6.61 Å². The number of hydrogen-bond acceptors (Lipinski definition) is 4. The first-order chi connectivity index (χ1) is 16.2. The fourth-order valence-electron chi connectivity index (χ4n) is 3.15. The third-order valence-corrected chi connectivity index (χ3v) is 4.93. The van der Waals surface area contributed by atoms with Crippen molar-refractivity contribution < 1.29 is 9.47 Å². The number of hydrogen-bond donors (Lipinski definition) is 0. The van der Waals surface area contributed by atoms with Crippen LogP contribution in [0.1, 0.15) is 29.2 Å². The van der Waals surface area contributed by atoms with Gasteiger partial charge in [-0.25, -0.2) is 0 Å². The van der Waals surface area contributed by atoms with E-state index in [2.05, 4.69) is 34.3 Å². The Bertz CT molecular complexity index is 1170. The Morgan fingerprint density at radius 1 is 0.576 bits per heavy atom. The summed E-state index contributed by atoms with van der Waals surface area (Å²) in [6, 6.07) is 24.0. The zero-order chi connectivity index (χ0) is 22.7. The van der Waals surface area contributed by atoms with Crippen LogP contribution in [0, 0.1) is 0 Å². The Labute approximate surface area is 194 Å². The van der Waals surface area contributed by atoms with E-state index < -0.39 is 0 Å². The summed E-state index contributed by atoms with van der Waals surface area (Å²) in [5, 5.41) is 0. The first-order valence-corrected chi connectivity index (χ1v) is 10.9.